The van der Waals surface area contributed by atoms with Crippen LogP contribution in [-0.4, -0.2) is 96.1 Å². The molecule has 6 nitrogen and oxygen atoms in total. The Balaban J connectivity index is 1.89. The second kappa shape index (κ2) is 15.0. The van der Waals surface area contributed by atoms with E-state index in [0.717, 1.165) is 52.4 Å². The maximum atomic E-state index is 4.98. The Morgan fingerprint density at radius 2 is 1.12 bits per heavy atom. The van der Waals surface area contributed by atoms with Gasteiger partial charge < -0.3 is 21.3 Å². The maximum absolute atomic E-state index is 4.98. The van der Waals surface area contributed by atoms with Gasteiger partial charge in [0, 0.05) is 47.8 Å². The van der Waals surface area contributed by atoms with Crippen LogP contribution in [0.1, 0.15) is 80.1 Å². The van der Waals surface area contributed by atoms with Gasteiger partial charge in [0.2, 0.25) is 0 Å². The summed E-state index contributed by atoms with van der Waals surface area (Å²) in [6.45, 7) is 21.8. The van der Waals surface area contributed by atoms with Gasteiger partial charge in [0.25, 0.3) is 0 Å². The van der Waals surface area contributed by atoms with Crippen LogP contribution in [-0.2, 0) is 0 Å². The third-order valence-corrected chi connectivity index (χ3v) is 8.33. The molecule has 0 radical (unpaired) electrons. The van der Waals surface area contributed by atoms with Crippen LogP contribution in [0.5, 0.6) is 0 Å². The SMILES string of the molecule is CCN(CC(NCCNC(CN(CC)C1CCCCN1)C(C)(C)S)C(C)(C)S)C1CCCCN1. The van der Waals surface area contributed by atoms with Gasteiger partial charge in [0.15, 0.2) is 0 Å². The van der Waals surface area contributed by atoms with E-state index in [1.807, 2.05) is 0 Å². The van der Waals surface area contributed by atoms with Gasteiger partial charge in [0.05, 0.1) is 12.3 Å². The standard InChI is InChI=1S/C26H56N6S2/c1-7-31(23-13-9-11-15-29-23)19-21(25(3,4)33)27-17-18-28-22(26(5,6)34)20-32(8-2)24-14-10-12-16-30-24/h21-24,27-30,33-34H,7-20H2,1-6H3. The van der Waals surface area contributed by atoms with Crippen LogP contribution in [0.25, 0.3) is 0 Å². The predicted octanol–water partition coefficient (Wildman–Crippen LogP) is 3.16. The number of nitrogens with zero attached hydrogens (tertiary/aromatic N) is 2. The fourth-order valence-electron chi connectivity index (χ4n) is 5.28. The summed E-state index contributed by atoms with van der Waals surface area (Å²) >= 11 is 9.95. The largest absolute Gasteiger partial charge is 0.310 e. The summed E-state index contributed by atoms with van der Waals surface area (Å²) in [5.41, 5.74) is 0. The highest BCUT2D eigenvalue weighted by atomic mass is 32.1. The Kier molecular flexibility index (Phi) is 13.5. The topological polar surface area (TPSA) is 54.6 Å². The first-order valence-electron chi connectivity index (χ1n) is 13.9. The molecule has 4 atom stereocenters. The monoisotopic (exact) mass is 516 g/mol. The smallest absolute Gasteiger partial charge is 0.0597 e. The minimum Gasteiger partial charge on any atom is -0.310 e. The molecule has 202 valence electrons. The Morgan fingerprint density at radius 3 is 1.38 bits per heavy atom. The van der Waals surface area contributed by atoms with E-state index in [9.17, 15) is 0 Å². The lowest BCUT2D eigenvalue weighted by atomic mass is 10.00. The molecule has 2 aliphatic heterocycles. The fraction of sp³-hybridized carbons (Fsp3) is 1.00. The average molecular weight is 517 g/mol. The normalized spacial score (nSPS) is 24.5. The van der Waals surface area contributed by atoms with Crippen molar-refractivity contribution >= 4 is 25.3 Å². The Labute approximate surface area is 222 Å². The molecule has 0 aromatic carbocycles. The number of nitrogens with one attached hydrogen (secondary N) is 4. The van der Waals surface area contributed by atoms with Crippen LogP contribution in [0.2, 0.25) is 0 Å². The predicted molar refractivity (Wildman–Crippen MR) is 155 cm³/mol. The molecular formula is C26H56N6S2. The van der Waals surface area contributed by atoms with E-state index in [1.165, 1.54) is 38.5 Å². The van der Waals surface area contributed by atoms with Crippen molar-refractivity contribution in [2.45, 2.75) is 114 Å². The summed E-state index contributed by atoms with van der Waals surface area (Å²) in [6, 6.07) is 0.643. The summed E-state index contributed by atoms with van der Waals surface area (Å²) in [5, 5.41) is 15.1. The molecule has 2 heterocycles. The van der Waals surface area contributed by atoms with Gasteiger partial charge in [0.1, 0.15) is 0 Å². The number of hydrogen-bond donors (Lipinski definition) is 6. The van der Waals surface area contributed by atoms with Gasteiger partial charge in [-0.25, -0.2) is 0 Å². The van der Waals surface area contributed by atoms with Crippen molar-refractivity contribution in [2.24, 2.45) is 0 Å². The minimum atomic E-state index is -0.0873. The first kappa shape index (κ1) is 30.7. The zero-order valence-electron chi connectivity index (χ0n) is 23.0. The highest BCUT2D eigenvalue weighted by Crippen LogP contribution is 2.22. The molecule has 0 aliphatic carbocycles. The van der Waals surface area contributed by atoms with Crippen molar-refractivity contribution in [3.05, 3.63) is 0 Å². The molecule has 0 spiro atoms. The van der Waals surface area contributed by atoms with Gasteiger partial charge in [-0.1, -0.05) is 13.8 Å². The van der Waals surface area contributed by atoms with Gasteiger partial charge in [-0.3, -0.25) is 9.80 Å². The Morgan fingerprint density at radius 1 is 0.735 bits per heavy atom. The molecule has 0 aromatic heterocycles. The third-order valence-electron chi connectivity index (χ3n) is 7.71. The number of hydrogen-bond acceptors (Lipinski definition) is 8. The number of thiol groups is 2. The van der Waals surface area contributed by atoms with Crippen LogP contribution in [0.4, 0.5) is 0 Å². The molecule has 2 saturated heterocycles. The highest BCUT2D eigenvalue weighted by Gasteiger charge is 2.32. The zero-order valence-corrected chi connectivity index (χ0v) is 24.8. The van der Waals surface area contributed by atoms with E-state index in [1.54, 1.807) is 0 Å². The van der Waals surface area contributed by atoms with E-state index in [0.29, 0.717) is 24.4 Å². The summed E-state index contributed by atoms with van der Waals surface area (Å²) in [7, 11) is 0. The molecule has 2 aliphatic rings. The molecular weight excluding hydrogens is 460 g/mol. The summed E-state index contributed by atoms with van der Waals surface area (Å²) in [6.07, 6.45) is 8.75. The first-order chi connectivity index (χ1) is 16.1. The average Bonchev–Trinajstić information content (AvgIpc) is 2.80. The molecule has 0 amide bonds. The maximum Gasteiger partial charge on any atom is 0.0597 e. The Hall–Kier alpha value is 0.460. The second-order valence-corrected chi connectivity index (χ2v) is 13.7. The number of likely N-dealkylation sites (N-methyl/N-ethyl adjacent to an activating group) is 2. The van der Waals surface area contributed by atoms with Crippen LogP contribution in [0.3, 0.4) is 0 Å². The van der Waals surface area contributed by atoms with Crippen LogP contribution >= 0.6 is 25.3 Å². The molecule has 4 unspecified atom stereocenters. The van der Waals surface area contributed by atoms with Gasteiger partial charge in [-0.2, -0.15) is 25.3 Å². The van der Waals surface area contributed by atoms with E-state index in [-0.39, 0.29) is 9.49 Å². The second-order valence-electron chi connectivity index (χ2n) is 11.4. The number of piperidine rings is 2. The fourth-order valence-corrected chi connectivity index (χ4v) is 5.63. The lowest BCUT2D eigenvalue weighted by molar-refractivity contribution is 0.121. The van der Waals surface area contributed by atoms with Crippen molar-refractivity contribution < 1.29 is 0 Å². The summed E-state index contributed by atoms with van der Waals surface area (Å²) in [5.74, 6) is 0. The highest BCUT2D eigenvalue weighted by molar-refractivity contribution is 7.82. The van der Waals surface area contributed by atoms with E-state index in [4.69, 9.17) is 25.3 Å². The molecule has 2 rings (SSSR count). The number of rotatable bonds is 15. The molecule has 2 fully saturated rings. The van der Waals surface area contributed by atoms with Crippen molar-refractivity contribution in [1.29, 1.82) is 0 Å². The first-order valence-corrected chi connectivity index (χ1v) is 14.8. The van der Waals surface area contributed by atoms with Crippen molar-refractivity contribution in [1.82, 2.24) is 31.1 Å². The lowest BCUT2D eigenvalue weighted by Crippen LogP contribution is -2.59. The van der Waals surface area contributed by atoms with Crippen LogP contribution in [0, 0.1) is 0 Å². The minimum absolute atomic E-state index is 0.0873. The van der Waals surface area contributed by atoms with Gasteiger partial charge in [-0.05, 0) is 92.4 Å². The molecule has 0 bridgehead atoms. The van der Waals surface area contributed by atoms with Crippen LogP contribution < -0.4 is 21.3 Å². The molecule has 8 heteroatoms. The van der Waals surface area contributed by atoms with E-state index >= 15 is 0 Å². The van der Waals surface area contributed by atoms with E-state index < -0.39 is 0 Å². The molecule has 0 aromatic rings. The summed E-state index contributed by atoms with van der Waals surface area (Å²) < 4.78 is -0.175. The van der Waals surface area contributed by atoms with E-state index in [2.05, 4.69) is 72.6 Å². The summed E-state index contributed by atoms with van der Waals surface area (Å²) in [4.78, 5) is 5.19. The Bertz CT molecular complexity index is 490. The van der Waals surface area contributed by atoms with Crippen molar-refractivity contribution in [2.75, 3.05) is 52.4 Å². The van der Waals surface area contributed by atoms with Gasteiger partial charge in [-0.15, -0.1) is 0 Å². The molecule has 4 N–H and O–H groups in total. The van der Waals surface area contributed by atoms with Crippen molar-refractivity contribution in [3.63, 3.8) is 0 Å². The molecule has 34 heavy (non-hydrogen) atoms. The lowest BCUT2D eigenvalue weighted by Gasteiger charge is -2.41. The quantitative estimate of drug-likeness (QED) is 0.149. The van der Waals surface area contributed by atoms with Crippen molar-refractivity contribution in [3.8, 4) is 0 Å². The third kappa shape index (κ3) is 10.4. The zero-order chi connectivity index (χ0) is 25.2. The van der Waals surface area contributed by atoms with Gasteiger partial charge >= 0.3 is 0 Å². The molecule has 0 saturated carbocycles. The van der Waals surface area contributed by atoms with Crippen LogP contribution in [0.15, 0.2) is 0 Å².